The fourth-order valence-corrected chi connectivity index (χ4v) is 4.43. The molecule has 2 aromatic rings. The van der Waals surface area contributed by atoms with Gasteiger partial charge in [-0.1, -0.05) is 48.5 Å². The van der Waals surface area contributed by atoms with Crippen molar-refractivity contribution in [2.45, 2.75) is 17.9 Å². The Morgan fingerprint density at radius 2 is 1.74 bits per heavy atom. The summed E-state index contributed by atoms with van der Waals surface area (Å²) >= 11 is 13.7. The van der Waals surface area contributed by atoms with Gasteiger partial charge in [-0.3, -0.25) is 4.79 Å². The number of hydrogen-bond acceptors (Lipinski definition) is 9. The van der Waals surface area contributed by atoms with Crippen LogP contribution in [0.25, 0.3) is 0 Å². The molecule has 35 heavy (non-hydrogen) atoms. The van der Waals surface area contributed by atoms with E-state index in [4.69, 9.17) is 42.1 Å². The van der Waals surface area contributed by atoms with Crippen molar-refractivity contribution in [3.8, 4) is 18.0 Å². The number of carbonyl (C=O) groups is 1. The predicted molar refractivity (Wildman–Crippen MR) is 135 cm³/mol. The second-order valence-electron chi connectivity index (χ2n) is 7.35. The molecule has 0 spiro atoms. The van der Waals surface area contributed by atoms with E-state index < -0.39 is 0 Å². The Kier molecular flexibility index (Phi) is 10.5. The summed E-state index contributed by atoms with van der Waals surface area (Å²) in [5, 5.41) is 1.12. The Morgan fingerprint density at radius 1 is 1.11 bits per heavy atom. The predicted octanol–water partition coefficient (Wildman–Crippen LogP) is 4.01. The summed E-state index contributed by atoms with van der Waals surface area (Å²) in [6.07, 6.45) is 2.78. The number of halogens is 2. The van der Waals surface area contributed by atoms with Crippen LogP contribution in [0.15, 0.2) is 42.3 Å². The van der Waals surface area contributed by atoms with Gasteiger partial charge in [-0.25, -0.2) is 0 Å². The van der Waals surface area contributed by atoms with Gasteiger partial charge in [0.15, 0.2) is 0 Å². The summed E-state index contributed by atoms with van der Waals surface area (Å²) in [5.74, 6) is 0.225. The van der Waals surface area contributed by atoms with E-state index in [0.717, 1.165) is 10.5 Å². The molecule has 9 nitrogen and oxygen atoms in total. The molecule has 0 radical (unpaired) electrons. The van der Waals surface area contributed by atoms with Crippen molar-refractivity contribution in [3.63, 3.8) is 0 Å². The minimum absolute atomic E-state index is 0.0210. The summed E-state index contributed by atoms with van der Waals surface area (Å²) in [4.78, 5) is 27.7. The Bertz CT molecular complexity index is 1030. The van der Waals surface area contributed by atoms with Gasteiger partial charge in [-0.05, 0) is 24.6 Å². The molecule has 1 saturated heterocycles. The standard InChI is InChI=1S/C23H26Cl2N4O5S/c1-4-7-32-21-26-22(33-8-5-2)28-23(27-21)34-13-16-12-29(6-9-31-16)20(30)14-35-19-10-15(3)17(24)11-18(19)25/h4-5,10-11,16H,1-2,6-9,12-14H2,3H3. The summed E-state index contributed by atoms with van der Waals surface area (Å²) in [5.41, 5.74) is 0.907. The van der Waals surface area contributed by atoms with Gasteiger partial charge in [0.05, 0.1) is 23.9 Å². The molecule has 188 valence electrons. The highest BCUT2D eigenvalue weighted by molar-refractivity contribution is 8.00. The van der Waals surface area contributed by atoms with Gasteiger partial charge in [0, 0.05) is 16.5 Å². The molecule has 0 N–H and O–H groups in total. The summed E-state index contributed by atoms with van der Waals surface area (Å²) in [6, 6.07) is 3.68. The zero-order chi connectivity index (χ0) is 25.2. The van der Waals surface area contributed by atoms with Crippen molar-refractivity contribution in [1.29, 1.82) is 0 Å². The zero-order valence-corrected chi connectivity index (χ0v) is 21.6. The van der Waals surface area contributed by atoms with Crippen LogP contribution in [0.3, 0.4) is 0 Å². The van der Waals surface area contributed by atoms with E-state index in [1.807, 2.05) is 13.0 Å². The van der Waals surface area contributed by atoms with Crippen LogP contribution in [0, 0.1) is 6.92 Å². The van der Waals surface area contributed by atoms with Crippen molar-refractivity contribution in [1.82, 2.24) is 19.9 Å². The highest BCUT2D eigenvalue weighted by Gasteiger charge is 2.25. The molecule has 1 aromatic heterocycles. The number of amides is 1. The Morgan fingerprint density at radius 3 is 2.37 bits per heavy atom. The maximum Gasteiger partial charge on any atom is 0.326 e. The second kappa shape index (κ2) is 13.5. The topological polar surface area (TPSA) is 95.9 Å². The van der Waals surface area contributed by atoms with E-state index >= 15 is 0 Å². The smallest absolute Gasteiger partial charge is 0.326 e. The summed E-state index contributed by atoms with van der Waals surface area (Å²) in [7, 11) is 0. The van der Waals surface area contributed by atoms with Gasteiger partial charge >= 0.3 is 18.0 Å². The Hall–Kier alpha value is -2.53. The molecule has 1 aliphatic rings. The quantitative estimate of drug-likeness (QED) is 0.292. The van der Waals surface area contributed by atoms with Gasteiger partial charge in [0.1, 0.15) is 25.9 Å². The van der Waals surface area contributed by atoms with Gasteiger partial charge in [0.2, 0.25) is 5.91 Å². The number of nitrogens with zero attached hydrogens (tertiary/aromatic N) is 4. The molecule has 1 amide bonds. The first kappa shape index (κ1) is 27.1. The van der Waals surface area contributed by atoms with Crippen LogP contribution < -0.4 is 14.2 Å². The maximum atomic E-state index is 12.8. The first-order chi connectivity index (χ1) is 16.9. The second-order valence-corrected chi connectivity index (χ2v) is 9.18. The number of ether oxygens (including phenoxy) is 4. The van der Waals surface area contributed by atoms with Gasteiger partial charge in [-0.15, -0.1) is 26.7 Å². The third kappa shape index (κ3) is 8.28. The molecule has 0 aliphatic carbocycles. The van der Waals surface area contributed by atoms with E-state index in [1.165, 1.54) is 11.8 Å². The normalized spacial score (nSPS) is 15.4. The number of aromatic nitrogens is 3. The molecule has 1 aromatic carbocycles. The largest absolute Gasteiger partial charge is 0.460 e. The fourth-order valence-electron chi connectivity index (χ4n) is 2.97. The first-order valence-corrected chi connectivity index (χ1v) is 12.5. The number of morpholine rings is 1. The van der Waals surface area contributed by atoms with E-state index in [1.54, 1.807) is 23.1 Å². The van der Waals surface area contributed by atoms with Crippen molar-refractivity contribution < 1.29 is 23.7 Å². The number of benzene rings is 1. The van der Waals surface area contributed by atoms with E-state index in [9.17, 15) is 4.79 Å². The van der Waals surface area contributed by atoms with Crippen LogP contribution in [-0.4, -0.2) is 77.1 Å². The SMILES string of the molecule is C=CCOc1nc(OCC=C)nc(OCC2CN(C(=O)CSc3cc(C)c(Cl)cc3Cl)CCO2)n1. The lowest BCUT2D eigenvalue weighted by atomic mass is 10.2. The highest BCUT2D eigenvalue weighted by atomic mass is 35.5. The average molecular weight is 541 g/mol. The Labute approximate surface area is 218 Å². The van der Waals surface area contributed by atoms with Crippen LogP contribution in [0.4, 0.5) is 0 Å². The molecule has 3 rings (SSSR count). The van der Waals surface area contributed by atoms with Gasteiger partial charge in [0.25, 0.3) is 0 Å². The number of aryl methyl sites for hydroxylation is 1. The van der Waals surface area contributed by atoms with Crippen LogP contribution in [0.2, 0.25) is 10.0 Å². The third-order valence-corrected chi connectivity index (χ3v) is 6.56. The highest BCUT2D eigenvalue weighted by Crippen LogP contribution is 2.32. The lowest BCUT2D eigenvalue weighted by molar-refractivity contribution is -0.137. The number of rotatable bonds is 12. The maximum absolute atomic E-state index is 12.8. The first-order valence-electron chi connectivity index (χ1n) is 10.7. The van der Waals surface area contributed by atoms with Crippen LogP contribution in [0.5, 0.6) is 18.0 Å². The molecule has 1 aliphatic heterocycles. The van der Waals surface area contributed by atoms with Crippen molar-refractivity contribution in [2.75, 3.05) is 45.3 Å². The summed E-state index contributed by atoms with van der Waals surface area (Å²) < 4.78 is 22.2. The lowest BCUT2D eigenvalue weighted by Gasteiger charge is -2.32. The number of carbonyl (C=O) groups excluding carboxylic acids is 1. The average Bonchev–Trinajstić information content (AvgIpc) is 2.86. The number of hydrogen-bond donors (Lipinski definition) is 0. The molecule has 1 fully saturated rings. The van der Waals surface area contributed by atoms with Gasteiger partial charge < -0.3 is 23.8 Å². The molecule has 1 atom stereocenters. The van der Waals surface area contributed by atoms with Crippen LogP contribution in [0.1, 0.15) is 5.56 Å². The minimum atomic E-state index is -0.356. The third-order valence-electron chi connectivity index (χ3n) is 4.69. The molecular weight excluding hydrogens is 515 g/mol. The van der Waals surface area contributed by atoms with Crippen molar-refractivity contribution in [2.24, 2.45) is 0 Å². The van der Waals surface area contributed by atoms with E-state index in [2.05, 4.69) is 28.1 Å². The fraction of sp³-hybridized carbons (Fsp3) is 0.391. The lowest BCUT2D eigenvalue weighted by Crippen LogP contribution is -2.48. The monoisotopic (exact) mass is 540 g/mol. The van der Waals surface area contributed by atoms with Crippen molar-refractivity contribution >= 4 is 40.9 Å². The molecular formula is C23H26Cl2N4O5S. The number of thioether (sulfide) groups is 1. The molecule has 0 bridgehead atoms. The molecule has 12 heteroatoms. The zero-order valence-electron chi connectivity index (χ0n) is 19.2. The molecule has 1 unspecified atom stereocenters. The minimum Gasteiger partial charge on any atom is -0.460 e. The van der Waals surface area contributed by atoms with Crippen molar-refractivity contribution in [3.05, 3.63) is 53.1 Å². The summed E-state index contributed by atoms with van der Waals surface area (Å²) in [6.45, 7) is 10.9. The van der Waals surface area contributed by atoms with Crippen LogP contribution >= 0.6 is 35.0 Å². The van der Waals surface area contributed by atoms with Crippen LogP contribution in [-0.2, 0) is 9.53 Å². The van der Waals surface area contributed by atoms with E-state index in [0.29, 0.717) is 29.7 Å². The molecule has 2 heterocycles. The van der Waals surface area contributed by atoms with E-state index in [-0.39, 0.29) is 55.6 Å². The molecule has 0 saturated carbocycles. The van der Waals surface area contributed by atoms with Gasteiger partial charge in [-0.2, -0.15) is 0 Å². The Balaban J connectivity index is 1.55.